The van der Waals surface area contributed by atoms with Crippen molar-refractivity contribution in [3.05, 3.63) is 35.4 Å². The number of fused-ring (bicyclic) bond motifs is 1. The quantitative estimate of drug-likeness (QED) is 0.800. The van der Waals surface area contributed by atoms with Crippen LogP contribution < -0.4 is 11.1 Å². The van der Waals surface area contributed by atoms with Gasteiger partial charge in [-0.25, -0.2) is 0 Å². The zero-order chi connectivity index (χ0) is 15.2. The van der Waals surface area contributed by atoms with Crippen molar-refractivity contribution in [1.29, 1.82) is 0 Å². The summed E-state index contributed by atoms with van der Waals surface area (Å²) in [4.78, 5) is 14.2. The van der Waals surface area contributed by atoms with Gasteiger partial charge in [-0.15, -0.1) is 24.8 Å². The molecule has 3 N–H and O–H groups in total. The predicted octanol–water partition coefficient (Wildman–Crippen LogP) is 1.37. The Bertz CT molecular complexity index is 488. The first-order valence-electron chi connectivity index (χ1n) is 7.45. The number of rotatable bonds is 6. The number of amides is 1. The number of halogens is 2. The summed E-state index contributed by atoms with van der Waals surface area (Å²) < 4.78 is 4.89. The summed E-state index contributed by atoms with van der Waals surface area (Å²) in [5.74, 6) is -0.152. The third-order valence-corrected chi connectivity index (χ3v) is 4.04. The Labute approximate surface area is 150 Å². The number of hydrogen-bond donors (Lipinski definition) is 2. The molecule has 1 aromatic rings. The van der Waals surface area contributed by atoms with Crippen molar-refractivity contribution in [1.82, 2.24) is 10.2 Å². The number of methoxy groups -OCH3 is 1. The molecule has 0 radical (unpaired) electrons. The fraction of sp³-hybridized carbons (Fsp3) is 0.562. The Kier molecular flexibility index (Phi) is 10.4. The van der Waals surface area contributed by atoms with Crippen LogP contribution in [0.1, 0.15) is 18.1 Å². The van der Waals surface area contributed by atoms with Crippen LogP contribution in [0.2, 0.25) is 0 Å². The summed E-state index contributed by atoms with van der Waals surface area (Å²) in [6, 6.07) is 8.25. The molecule has 0 aromatic heterocycles. The number of ether oxygens (including phenoxy) is 1. The molecule has 0 aliphatic carbocycles. The van der Waals surface area contributed by atoms with Gasteiger partial charge in [-0.05, 0) is 24.5 Å². The lowest BCUT2D eigenvalue weighted by molar-refractivity contribution is -0.123. The molecule has 2 unspecified atom stereocenters. The largest absolute Gasteiger partial charge is 0.383 e. The van der Waals surface area contributed by atoms with Crippen molar-refractivity contribution < 1.29 is 9.53 Å². The van der Waals surface area contributed by atoms with Crippen LogP contribution in [0.5, 0.6) is 0 Å². The van der Waals surface area contributed by atoms with Crippen LogP contribution in [-0.2, 0) is 22.5 Å². The highest BCUT2D eigenvalue weighted by Crippen LogP contribution is 2.19. The van der Waals surface area contributed by atoms with Crippen molar-refractivity contribution in [3.8, 4) is 0 Å². The number of benzene rings is 1. The predicted molar refractivity (Wildman–Crippen MR) is 97.4 cm³/mol. The summed E-state index contributed by atoms with van der Waals surface area (Å²) >= 11 is 0. The second-order valence-electron chi connectivity index (χ2n) is 5.65. The van der Waals surface area contributed by atoms with E-state index in [0.717, 1.165) is 19.5 Å². The van der Waals surface area contributed by atoms with Crippen molar-refractivity contribution in [2.24, 2.45) is 5.73 Å². The van der Waals surface area contributed by atoms with E-state index in [1.807, 2.05) is 0 Å². The molecule has 0 spiro atoms. The maximum atomic E-state index is 11.8. The summed E-state index contributed by atoms with van der Waals surface area (Å²) in [5, 5.41) is 2.90. The lowest BCUT2D eigenvalue weighted by Crippen LogP contribution is -2.49. The number of nitrogens with two attached hydrogens (primary N) is 1. The van der Waals surface area contributed by atoms with E-state index in [-0.39, 0.29) is 43.4 Å². The highest BCUT2D eigenvalue weighted by atomic mass is 35.5. The first kappa shape index (κ1) is 22.1. The first-order valence-corrected chi connectivity index (χ1v) is 7.45. The molecular weight excluding hydrogens is 337 g/mol. The van der Waals surface area contributed by atoms with E-state index in [0.29, 0.717) is 6.54 Å². The fourth-order valence-corrected chi connectivity index (χ4v) is 2.66. The van der Waals surface area contributed by atoms with Crippen molar-refractivity contribution in [3.63, 3.8) is 0 Å². The molecule has 0 bridgehead atoms. The third kappa shape index (κ3) is 6.28. The van der Waals surface area contributed by atoms with Gasteiger partial charge in [0.2, 0.25) is 5.91 Å². The molecule has 132 valence electrons. The van der Waals surface area contributed by atoms with E-state index in [1.165, 1.54) is 11.1 Å². The topological polar surface area (TPSA) is 67.6 Å². The smallest absolute Gasteiger partial charge is 0.239 e. The lowest BCUT2D eigenvalue weighted by Gasteiger charge is -2.34. The molecule has 7 heteroatoms. The standard InChI is InChI=1S/C16H25N3O2.2ClH/c1-12(9-18-16(20)15(17)11-21-2)19-8-7-13-5-3-4-6-14(13)10-19;;/h3-6,12,15H,7-11,17H2,1-2H3,(H,18,20);2*1H. The van der Waals surface area contributed by atoms with E-state index in [1.54, 1.807) is 7.11 Å². The Balaban J connectivity index is 0.00000242. The van der Waals surface area contributed by atoms with Gasteiger partial charge in [0.15, 0.2) is 0 Å². The fourth-order valence-electron chi connectivity index (χ4n) is 2.66. The number of nitrogens with zero attached hydrogens (tertiary/aromatic N) is 1. The van der Waals surface area contributed by atoms with E-state index >= 15 is 0 Å². The van der Waals surface area contributed by atoms with Crippen LogP contribution in [0.3, 0.4) is 0 Å². The maximum Gasteiger partial charge on any atom is 0.239 e. The first-order chi connectivity index (χ1) is 10.1. The van der Waals surface area contributed by atoms with Gasteiger partial charge in [-0.2, -0.15) is 0 Å². The van der Waals surface area contributed by atoms with Crippen molar-refractivity contribution in [2.75, 3.05) is 26.8 Å². The molecule has 2 atom stereocenters. The van der Waals surface area contributed by atoms with Gasteiger partial charge in [0, 0.05) is 32.8 Å². The van der Waals surface area contributed by atoms with Gasteiger partial charge in [-0.1, -0.05) is 24.3 Å². The summed E-state index contributed by atoms with van der Waals surface area (Å²) in [6.07, 6.45) is 1.07. The van der Waals surface area contributed by atoms with Crippen LogP contribution in [0.4, 0.5) is 0 Å². The molecule has 0 saturated carbocycles. The van der Waals surface area contributed by atoms with Gasteiger partial charge < -0.3 is 15.8 Å². The van der Waals surface area contributed by atoms with Crippen LogP contribution in [0, 0.1) is 0 Å². The molecule has 0 fully saturated rings. The molecule has 1 heterocycles. The molecule has 0 saturated heterocycles. The van der Waals surface area contributed by atoms with E-state index in [4.69, 9.17) is 10.5 Å². The molecule has 2 rings (SSSR count). The minimum atomic E-state index is -0.593. The van der Waals surface area contributed by atoms with Gasteiger partial charge >= 0.3 is 0 Å². The lowest BCUT2D eigenvalue weighted by atomic mass is 9.99. The molecular formula is C16H27Cl2N3O2. The van der Waals surface area contributed by atoms with Crippen molar-refractivity contribution >= 4 is 30.7 Å². The average molecular weight is 364 g/mol. The normalized spacial score (nSPS) is 16.3. The molecule has 5 nitrogen and oxygen atoms in total. The van der Waals surface area contributed by atoms with Crippen molar-refractivity contribution in [2.45, 2.75) is 32.0 Å². The molecule has 1 amide bonds. The number of carbonyl (C=O) groups excluding carboxylic acids is 1. The Morgan fingerprint density at radius 3 is 2.65 bits per heavy atom. The van der Waals surface area contributed by atoms with Crippen LogP contribution >= 0.6 is 24.8 Å². The number of hydrogen-bond acceptors (Lipinski definition) is 4. The summed E-state index contributed by atoms with van der Waals surface area (Å²) in [7, 11) is 1.54. The van der Waals surface area contributed by atoms with E-state index in [9.17, 15) is 4.79 Å². The van der Waals surface area contributed by atoms with Gasteiger partial charge in [0.1, 0.15) is 6.04 Å². The summed E-state index contributed by atoms with van der Waals surface area (Å²) in [6.45, 7) is 4.96. The third-order valence-electron chi connectivity index (χ3n) is 4.04. The van der Waals surface area contributed by atoms with Gasteiger partial charge in [0.05, 0.1) is 6.61 Å². The van der Waals surface area contributed by atoms with E-state index < -0.39 is 6.04 Å². The Morgan fingerprint density at radius 1 is 1.35 bits per heavy atom. The Morgan fingerprint density at radius 2 is 2.00 bits per heavy atom. The monoisotopic (exact) mass is 363 g/mol. The minimum absolute atomic E-state index is 0. The minimum Gasteiger partial charge on any atom is -0.383 e. The molecule has 1 aromatic carbocycles. The number of nitrogens with one attached hydrogen (secondary N) is 1. The van der Waals surface area contributed by atoms with Crippen LogP contribution in [-0.4, -0.2) is 49.7 Å². The summed E-state index contributed by atoms with van der Waals surface area (Å²) in [5.41, 5.74) is 8.53. The van der Waals surface area contributed by atoms with Gasteiger partial charge in [0.25, 0.3) is 0 Å². The van der Waals surface area contributed by atoms with E-state index in [2.05, 4.69) is 41.4 Å². The molecule has 1 aliphatic rings. The SMILES string of the molecule is COCC(N)C(=O)NCC(C)N1CCc2ccccc2C1.Cl.Cl. The highest BCUT2D eigenvalue weighted by molar-refractivity contribution is 5.85. The Hall–Kier alpha value is -0.850. The van der Waals surface area contributed by atoms with Crippen LogP contribution in [0.25, 0.3) is 0 Å². The zero-order valence-corrected chi connectivity index (χ0v) is 15.3. The second kappa shape index (κ2) is 10.8. The average Bonchev–Trinajstić information content (AvgIpc) is 2.52. The molecule has 23 heavy (non-hydrogen) atoms. The number of carbonyl (C=O) groups is 1. The maximum absolute atomic E-state index is 11.8. The van der Waals surface area contributed by atoms with Gasteiger partial charge in [-0.3, -0.25) is 9.69 Å². The van der Waals surface area contributed by atoms with Crippen LogP contribution in [0.15, 0.2) is 24.3 Å². The second-order valence-corrected chi connectivity index (χ2v) is 5.65. The molecule has 1 aliphatic heterocycles. The zero-order valence-electron chi connectivity index (χ0n) is 13.7. The highest BCUT2D eigenvalue weighted by Gasteiger charge is 2.21.